The number of nitrogens with two attached hydrogens (primary N) is 4. The van der Waals surface area contributed by atoms with Gasteiger partial charge in [0.05, 0.1) is 5.66 Å². The van der Waals surface area contributed by atoms with Crippen LogP contribution in [0.5, 0.6) is 0 Å². The normalized spacial score (nSPS) is 15.5. The van der Waals surface area contributed by atoms with Crippen molar-refractivity contribution >= 4 is 0 Å². The second-order valence-corrected chi connectivity index (χ2v) is 8.86. The highest BCUT2D eigenvalue weighted by Gasteiger charge is 2.33. The highest BCUT2D eigenvalue weighted by molar-refractivity contribution is 4.92. The monoisotopic (exact) mass is 342 g/mol. The maximum atomic E-state index is 6.37. The molecule has 0 aromatic heterocycles. The SMILES string of the molecule is CCCCCCCCCCC(N)(N)C(N)CC(C)(C)CC(C)CN. The van der Waals surface area contributed by atoms with E-state index in [4.69, 9.17) is 22.9 Å². The lowest BCUT2D eigenvalue weighted by molar-refractivity contribution is 0.193. The molecule has 0 aromatic carbocycles. The summed E-state index contributed by atoms with van der Waals surface area (Å²) in [7, 11) is 0. The summed E-state index contributed by atoms with van der Waals surface area (Å²) >= 11 is 0. The lowest BCUT2D eigenvalue weighted by Gasteiger charge is -2.38. The molecule has 146 valence electrons. The Morgan fingerprint density at radius 1 is 0.833 bits per heavy atom. The molecule has 0 aromatic rings. The largest absolute Gasteiger partial charge is 0.330 e. The predicted molar refractivity (Wildman–Crippen MR) is 108 cm³/mol. The molecule has 0 aliphatic carbocycles. The van der Waals surface area contributed by atoms with Gasteiger partial charge in [-0.3, -0.25) is 0 Å². The Balaban J connectivity index is 4.03. The van der Waals surface area contributed by atoms with Gasteiger partial charge in [0.2, 0.25) is 0 Å². The third-order valence-corrected chi connectivity index (χ3v) is 5.23. The van der Waals surface area contributed by atoms with Gasteiger partial charge in [-0.2, -0.15) is 0 Å². The van der Waals surface area contributed by atoms with Crippen LogP contribution in [-0.4, -0.2) is 18.2 Å². The minimum absolute atomic E-state index is 0.126. The van der Waals surface area contributed by atoms with Crippen LogP contribution in [0.2, 0.25) is 0 Å². The molecule has 0 saturated carbocycles. The number of hydrogen-bond donors (Lipinski definition) is 4. The average Bonchev–Trinajstić information content (AvgIpc) is 2.48. The van der Waals surface area contributed by atoms with E-state index in [1.165, 1.54) is 44.9 Å². The first-order valence-electron chi connectivity index (χ1n) is 10.2. The molecular formula is C20H46N4. The van der Waals surface area contributed by atoms with Gasteiger partial charge in [0.25, 0.3) is 0 Å². The van der Waals surface area contributed by atoms with Crippen molar-refractivity contribution in [3.05, 3.63) is 0 Å². The van der Waals surface area contributed by atoms with Crippen molar-refractivity contribution in [2.24, 2.45) is 34.3 Å². The maximum Gasteiger partial charge on any atom is 0.0792 e. The van der Waals surface area contributed by atoms with Gasteiger partial charge in [-0.25, -0.2) is 0 Å². The van der Waals surface area contributed by atoms with E-state index >= 15 is 0 Å². The van der Waals surface area contributed by atoms with E-state index in [9.17, 15) is 0 Å². The molecule has 24 heavy (non-hydrogen) atoms. The molecular weight excluding hydrogens is 296 g/mol. The van der Waals surface area contributed by atoms with Crippen LogP contribution in [0.25, 0.3) is 0 Å². The fourth-order valence-electron chi connectivity index (χ4n) is 3.65. The highest BCUT2D eigenvalue weighted by Crippen LogP contribution is 2.32. The fourth-order valence-corrected chi connectivity index (χ4v) is 3.65. The summed E-state index contributed by atoms with van der Waals surface area (Å²) in [6, 6.07) is -0.165. The van der Waals surface area contributed by atoms with Crippen LogP contribution in [0.15, 0.2) is 0 Å². The lowest BCUT2D eigenvalue weighted by Crippen LogP contribution is -2.63. The molecule has 0 rings (SSSR count). The summed E-state index contributed by atoms with van der Waals surface area (Å²) in [5.74, 6) is 0.504. The number of hydrogen-bond acceptors (Lipinski definition) is 4. The summed E-state index contributed by atoms with van der Waals surface area (Å²) < 4.78 is 0. The van der Waals surface area contributed by atoms with Crippen LogP contribution in [-0.2, 0) is 0 Å². The zero-order chi connectivity index (χ0) is 18.6. The molecule has 0 bridgehead atoms. The second kappa shape index (κ2) is 12.2. The van der Waals surface area contributed by atoms with E-state index in [1.54, 1.807) is 0 Å². The van der Waals surface area contributed by atoms with Crippen LogP contribution in [0.4, 0.5) is 0 Å². The van der Waals surface area contributed by atoms with Crippen LogP contribution in [0, 0.1) is 11.3 Å². The van der Waals surface area contributed by atoms with Gasteiger partial charge in [-0.1, -0.05) is 79.1 Å². The summed E-state index contributed by atoms with van der Waals surface area (Å²) in [6.07, 6.45) is 13.0. The minimum Gasteiger partial charge on any atom is -0.330 e. The second-order valence-electron chi connectivity index (χ2n) is 8.86. The third kappa shape index (κ3) is 11.4. The number of rotatable bonds is 15. The maximum absolute atomic E-state index is 6.37. The highest BCUT2D eigenvalue weighted by atomic mass is 15.0. The van der Waals surface area contributed by atoms with E-state index in [-0.39, 0.29) is 11.5 Å². The molecule has 0 fully saturated rings. The number of unbranched alkanes of at least 4 members (excludes halogenated alkanes) is 7. The van der Waals surface area contributed by atoms with Crippen molar-refractivity contribution in [3.8, 4) is 0 Å². The molecule has 0 amide bonds. The van der Waals surface area contributed by atoms with Crippen LogP contribution in [0.3, 0.4) is 0 Å². The van der Waals surface area contributed by atoms with Crippen molar-refractivity contribution in [2.45, 2.75) is 110 Å². The molecule has 4 heteroatoms. The Kier molecular flexibility index (Phi) is 12.2. The minimum atomic E-state index is -0.758. The average molecular weight is 343 g/mol. The van der Waals surface area contributed by atoms with Gasteiger partial charge in [-0.05, 0) is 37.1 Å². The Labute approximate surface area is 151 Å². The molecule has 0 aliphatic rings. The summed E-state index contributed by atoms with van der Waals surface area (Å²) in [5.41, 5.74) is 24.2. The Morgan fingerprint density at radius 3 is 1.83 bits per heavy atom. The molecule has 2 unspecified atom stereocenters. The van der Waals surface area contributed by atoms with Crippen molar-refractivity contribution < 1.29 is 0 Å². The van der Waals surface area contributed by atoms with Gasteiger partial charge >= 0.3 is 0 Å². The van der Waals surface area contributed by atoms with E-state index in [0.29, 0.717) is 12.5 Å². The van der Waals surface area contributed by atoms with E-state index in [1.807, 2.05) is 0 Å². The van der Waals surface area contributed by atoms with Gasteiger partial charge < -0.3 is 22.9 Å². The Morgan fingerprint density at radius 2 is 1.33 bits per heavy atom. The Bertz CT molecular complexity index is 302. The van der Waals surface area contributed by atoms with Gasteiger partial charge in [0, 0.05) is 6.04 Å². The van der Waals surface area contributed by atoms with Crippen LogP contribution in [0.1, 0.15) is 98.3 Å². The van der Waals surface area contributed by atoms with Crippen molar-refractivity contribution in [1.82, 2.24) is 0 Å². The van der Waals surface area contributed by atoms with Gasteiger partial charge in [-0.15, -0.1) is 0 Å². The van der Waals surface area contributed by atoms with Gasteiger partial charge in [0.1, 0.15) is 0 Å². The molecule has 0 radical (unpaired) electrons. The van der Waals surface area contributed by atoms with Crippen LogP contribution < -0.4 is 22.9 Å². The molecule has 0 heterocycles. The smallest absolute Gasteiger partial charge is 0.0792 e. The summed E-state index contributed by atoms with van der Waals surface area (Å²) in [4.78, 5) is 0. The first-order chi connectivity index (χ1) is 11.1. The standard InChI is InChI=1S/C20H46N4/c1-5-6-7-8-9-10-11-12-13-20(23,24)18(22)15-19(3,4)14-17(2)16-21/h17-18H,5-16,21-24H2,1-4H3. The molecule has 0 spiro atoms. The van der Waals surface area contributed by atoms with E-state index < -0.39 is 5.66 Å². The quantitative estimate of drug-likeness (QED) is 0.268. The third-order valence-electron chi connectivity index (χ3n) is 5.23. The molecule has 4 nitrogen and oxygen atoms in total. The van der Waals surface area contributed by atoms with E-state index in [2.05, 4.69) is 27.7 Å². The van der Waals surface area contributed by atoms with Crippen molar-refractivity contribution in [3.63, 3.8) is 0 Å². The topological polar surface area (TPSA) is 104 Å². The zero-order valence-electron chi connectivity index (χ0n) is 16.9. The van der Waals surface area contributed by atoms with Crippen molar-refractivity contribution in [1.29, 1.82) is 0 Å². The molecule has 0 aliphatic heterocycles. The lowest BCUT2D eigenvalue weighted by atomic mass is 9.75. The van der Waals surface area contributed by atoms with Crippen LogP contribution >= 0.6 is 0 Å². The first kappa shape index (κ1) is 23.8. The van der Waals surface area contributed by atoms with Crippen molar-refractivity contribution in [2.75, 3.05) is 6.54 Å². The molecule has 8 N–H and O–H groups in total. The molecule has 0 saturated heterocycles. The van der Waals surface area contributed by atoms with Gasteiger partial charge in [0.15, 0.2) is 0 Å². The molecule has 2 atom stereocenters. The fraction of sp³-hybridized carbons (Fsp3) is 1.00. The zero-order valence-corrected chi connectivity index (χ0v) is 16.9. The first-order valence-corrected chi connectivity index (χ1v) is 10.2. The summed E-state index contributed by atoms with van der Waals surface area (Å²) in [5, 5.41) is 0. The predicted octanol–water partition coefficient (Wildman–Crippen LogP) is 3.86. The van der Waals surface area contributed by atoms with E-state index in [0.717, 1.165) is 25.7 Å². The summed E-state index contributed by atoms with van der Waals surface area (Å²) in [6.45, 7) is 9.64. The Hall–Kier alpha value is -0.160.